The lowest BCUT2D eigenvalue weighted by Crippen LogP contribution is -2.68. The molecule has 0 aromatic heterocycles. The summed E-state index contributed by atoms with van der Waals surface area (Å²) in [5.41, 5.74) is 10.7. The van der Waals surface area contributed by atoms with Crippen molar-refractivity contribution in [2.45, 2.75) is 215 Å². The molecule has 0 aliphatic carbocycles. The van der Waals surface area contributed by atoms with Crippen molar-refractivity contribution in [1.29, 1.82) is 0 Å². The molecular formula is C59H148O24Si22. The second-order valence-corrected chi connectivity index (χ2v) is 113. The minimum atomic E-state index is -4.39. The Balaban J connectivity index is -0.00000149. The molecule has 0 aliphatic heterocycles. The Bertz CT molecular complexity index is 2680. The van der Waals surface area contributed by atoms with E-state index in [1.54, 1.807) is 24.5 Å². The van der Waals surface area contributed by atoms with Gasteiger partial charge in [-0.25, -0.2) is 0 Å². The van der Waals surface area contributed by atoms with Crippen LogP contribution < -0.4 is 0 Å². The van der Waals surface area contributed by atoms with Gasteiger partial charge in [0.2, 0.25) is 43.4 Å². The quantitative estimate of drug-likeness (QED) is 0.0538. The van der Waals surface area contributed by atoms with Crippen LogP contribution in [0.4, 0.5) is 0 Å². The van der Waals surface area contributed by atoms with Crippen molar-refractivity contribution in [1.82, 2.24) is 0 Å². The molecule has 0 fully saturated rings. The van der Waals surface area contributed by atoms with Crippen molar-refractivity contribution < 1.29 is 104 Å². The molecule has 0 radical (unpaired) electrons. The lowest BCUT2D eigenvalue weighted by molar-refractivity contribution is 0.0449. The van der Waals surface area contributed by atoms with Crippen molar-refractivity contribution in [3.05, 3.63) is 73.7 Å². The van der Waals surface area contributed by atoms with Crippen LogP contribution in [-0.4, -0.2) is 276 Å². The van der Waals surface area contributed by atoms with Crippen LogP contribution in [0.1, 0.15) is 0 Å². The average molecular weight is 1860 g/mol. The zero-order valence-electron chi connectivity index (χ0n) is 72.1. The Kier molecular flexibility index (Phi) is 47.1. The van der Waals surface area contributed by atoms with Crippen molar-refractivity contribution in [3.8, 4) is 12.0 Å². The van der Waals surface area contributed by atoms with E-state index in [9.17, 15) is 9.59 Å². The van der Waals surface area contributed by atoms with Crippen LogP contribution in [0.5, 0.6) is 0 Å². The first-order valence-electron chi connectivity index (χ1n) is 35.2. The van der Waals surface area contributed by atoms with Gasteiger partial charge in [-0.05, 0) is 210 Å². The molecule has 24 nitrogen and oxygen atoms in total. The first-order chi connectivity index (χ1) is 46.7. The Morgan fingerprint density at radius 2 is 0.619 bits per heavy atom. The average Bonchev–Trinajstić information content (AvgIpc) is 0.776. The Labute approximate surface area is 665 Å². The summed E-state index contributed by atoms with van der Waals surface area (Å²) < 4.78 is 135. The molecule has 2 N–H and O–H groups in total. The van der Waals surface area contributed by atoms with Crippen LogP contribution in [0.25, 0.3) is 0 Å². The van der Waals surface area contributed by atoms with E-state index in [4.69, 9.17) is 106 Å². The van der Waals surface area contributed by atoms with Gasteiger partial charge in [-0.3, -0.25) is 0 Å². The highest BCUT2D eigenvalue weighted by Crippen LogP contribution is 2.34. The number of rotatable bonds is 54. The summed E-state index contributed by atoms with van der Waals surface area (Å²) in [6.45, 7) is 92.4. The van der Waals surface area contributed by atoms with Crippen LogP contribution in [-0.2, 0) is 94.3 Å². The molecule has 0 heterocycles. The van der Waals surface area contributed by atoms with E-state index < -0.39 is 193 Å². The van der Waals surface area contributed by atoms with Gasteiger partial charge >= 0.3 is 52.8 Å². The smallest absolute Gasteiger partial charge is 0.517 e. The van der Waals surface area contributed by atoms with E-state index in [1.165, 1.54) is 28.4 Å². The fourth-order valence-electron chi connectivity index (χ4n) is 10.5. The van der Waals surface area contributed by atoms with Crippen molar-refractivity contribution in [3.63, 3.8) is 0 Å². The third-order valence-electron chi connectivity index (χ3n) is 13.7. The van der Waals surface area contributed by atoms with Crippen LogP contribution in [0.15, 0.2) is 73.7 Å². The summed E-state index contributed by atoms with van der Waals surface area (Å²) in [7, 11) is -47.0. The molecular weight excluding hydrogens is 1710 g/mol. The predicted molar refractivity (Wildman–Crippen MR) is 481 cm³/mol. The zero-order chi connectivity index (χ0) is 83.6. The molecule has 0 bridgehead atoms. The molecule has 0 aromatic rings. The SMILES string of the molecule is C#[Si]O[Si](C[Si@@](O)(OC)O[Si](OC)(O[Si]#C)O[Si](C)(C)C=C)(O[Si](C)(C)C=C)O[Si](O)(OC)OC.C=C[Si](C)(C)O[Si](C)(C)COC[Si](C)(COC[Si](C)(C)O[Si](C)(C)C=C)O[Si](C)(C)O[Si](C)(C)C=C.C=C[Si](COC[Si](C)(C)O[Si](C)(C)C)(COC[Si](C)(C)O[Si](C)(C)C)O[Si](C)(C)O[Si](C)(C)C. The Morgan fingerprint density at radius 3 is 0.924 bits per heavy atom. The number of hydrogen-bond donors (Lipinski definition) is 2. The van der Waals surface area contributed by atoms with E-state index in [0.717, 1.165) is 0 Å². The maximum atomic E-state index is 11.6. The van der Waals surface area contributed by atoms with E-state index in [2.05, 4.69) is 223 Å². The minimum absolute atomic E-state index is 0.485. The van der Waals surface area contributed by atoms with Gasteiger partial charge in [0.25, 0.3) is 8.32 Å². The largest absolute Gasteiger partial charge is 0.726 e. The standard InChI is InChI=1S/C23H56O6Si7.C21H56O6Si7.C15H36O12Si8/c1-17-30(4,5)26-33(10,11)20-24-22-36(16,29-35(14,15)28-32(8,9)19-3)23-25-21-34(12,13)27-31(6,7)18-2;1-17-34(27-33(15,16)26-30(8,9)10,20-22-18-31(11,12)24-28(2,3)4)21-23-19-32(13,14)25-29(5,6)7;1-13-30(9,10)24-33(22-28-7,27-34(17,19-4)20-5)15-32(16,18-3)26-35(21-6,23-29-8)25-31(11,12)14-2/h17-19H,1-3,20-23H2,4-16H3;17H,1,18-21H2,2-16H3;7-8,13-14,16-17H,1-2,15H2,3-6,9-12H3/t;;32-,33?,35?/m..1/s1. The van der Waals surface area contributed by atoms with E-state index >= 15 is 0 Å². The molecule has 0 aliphatic rings. The highest BCUT2D eigenvalue weighted by molar-refractivity contribution is 6.95. The van der Waals surface area contributed by atoms with Crippen molar-refractivity contribution >= 4 is 188 Å². The highest BCUT2D eigenvalue weighted by Gasteiger charge is 2.67. The molecule has 0 saturated heterocycles. The van der Waals surface area contributed by atoms with E-state index in [1.807, 2.05) is 35.9 Å². The molecule has 0 saturated carbocycles. The molecule has 46 heteroatoms. The molecule has 105 heavy (non-hydrogen) atoms. The molecule has 2 unspecified atom stereocenters. The third kappa shape index (κ3) is 50.6. The Morgan fingerprint density at radius 1 is 0.305 bits per heavy atom. The summed E-state index contributed by atoms with van der Waals surface area (Å²) in [5.74, 6) is 0. The van der Waals surface area contributed by atoms with Gasteiger partial charge in [0.05, 0.1) is 55.5 Å². The summed E-state index contributed by atoms with van der Waals surface area (Å²) >= 11 is 0. The summed E-state index contributed by atoms with van der Waals surface area (Å²) in [4.78, 5) is 22.3. The number of hydrogen-bond acceptors (Lipinski definition) is 24. The summed E-state index contributed by atoms with van der Waals surface area (Å²) in [6.07, 6.45) is 4.58. The fourth-order valence-corrected chi connectivity index (χ4v) is 87.4. The van der Waals surface area contributed by atoms with Crippen molar-refractivity contribution in [2.75, 3.05) is 78.3 Å². The van der Waals surface area contributed by atoms with E-state index in [-0.39, 0.29) is 0 Å². The molecule has 0 aromatic carbocycles. The predicted octanol–water partition coefficient (Wildman–Crippen LogP) is 13.5. The van der Waals surface area contributed by atoms with Gasteiger partial charge in [0.15, 0.2) is 83.2 Å². The molecule has 616 valence electrons. The fraction of sp³-hybridized carbons (Fsp3) is 0.763. The van der Waals surface area contributed by atoms with Crippen molar-refractivity contribution in [2.24, 2.45) is 0 Å². The Hall–Kier alpha value is 1.49. The third-order valence-corrected chi connectivity index (χ3v) is 79.8. The lowest BCUT2D eigenvalue weighted by atomic mass is 11.3. The van der Waals surface area contributed by atoms with Gasteiger partial charge in [-0.15, -0.1) is 51.5 Å². The number of ether oxygens (including phenoxy) is 4. The zero-order valence-corrected chi connectivity index (χ0v) is 94.1. The van der Waals surface area contributed by atoms with Crippen LogP contribution in [0.2, 0.25) is 215 Å². The lowest BCUT2D eigenvalue weighted by Gasteiger charge is -2.40. The summed E-state index contributed by atoms with van der Waals surface area (Å²) in [5, 5.41) is 0. The summed E-state index contributed by atoms with van der Waals surface area (Å²) in [6, 6.07) is 11.4. The van der Waals surface area contributed by atoms with Gasteiger partial charge in [0, 0.05) is 28.4 Å². The minimum Gasteiger partial charge on any atom is -0.517 e. The second-order valence-electron chi connectivity index (χ2n) is 35.0. The van der Waals surface area contributed by atoms with Crippen LogP contribution in [0, 0.1) is 12.0 Å². The first-order valence-corrected chi connectivity index (χ1v) is 92.9. The molecule has 0 amide bonds. The van der Waals surface area contributed by atoms with Gasteiger partial charge in [-0.2, -0.15) is 0 Å². The second kappa shape index (κ2) is 44.7. The molecule has 0 rings (SSSR count). The van der Waals surface area contributed by atoms with Gasteiger partial charge < -0.3 is 104 Å². The molecule has 3 atom stereocenters. The monoisotopic (exact) mass is 1860 g/mol. The maximum Gasteiger partial charge on any atom is 0.726 e. The maximum absolute atomic E-state index is 11.6. The van der Waals surface area contributed by atoms with Gasteiger partial charge in [-0.1, -0.05) is 34.2 Å². The van der Waals surface area contributed by atoms with E-state index in [0.29, 0.717) is 49.8 Å². The van der Waals surface area contributed by atoms with Crippen LogP contribution in [0.3, 0.4) is 0 Å². The highest BCUT2D eigenvalue weighted by atomic mass is 28.5. The molecule has 0 spiro atoms. The van der Waals surface area contributed by atoms with Gasteiger partial charge in [0.1, 0.15) is 0 Å². The topological polar surface area (TPSA) is 244 Å². The first kappa shape index (κ1) is 111. The van der Waals surface area contributed by atoms with Crippen LogP contribution >= 0.6 is 0 Å². The normalized spacial score (nSPS) is 15.7.